The van der Waals surface area contributed by atoms with Crippen LogP contribution in [0.2, 0.25) is 0 Å². The van der Waals surface area contributed by atoms with E-state index >= 15 is 0 Å². The van der Waals surface area contributed by atoms with E-state index in [0.717, 1.165) is 11.1 Å². The number of nitrogens with one attached hydrogen (secondary N) is 2. The van der Waals surface area contributed by atoms with Gasteiger partial charge in [0, 0.05) is 32.0 Å². The summed E-state index contributed by atoms with van der Waals surface area (Å²) in [4.78, 5) is 23.6. The third-order valence-electron chi connectivity index (χ3n) is 3.64. The summed E-state index contributed by atoms with van der Waals surface area (Å²) < 4.78 is 0. The van der Waals surface area contributed by atoms with Crippen LogP contribution < -0.4 is 16.4 Å². The van der Waals surface area contributed by atoms with Crippen molar-refractivity contribution in [2.45, 2.75) is 25.4 Å². The molecule has 2 amide bonds. The molecule has 126 valence electrons. The van der Waals surface area contributed by atoms with Crippen molar-refractivity contribution < 1.29 is 9.59 Å². The van der Waals surface area contributed by atoms with Crippen molar-refractivity contribution >= 4 is 11.8 Å². The number of amides is 2. The molecule has 2 aromatic carbocycles. The molecule has 5 nitrogen and oxygen atoms in total. The summed E-state index contributed by atoms with van der Waals surface area (Å²) in [5.41, 5.74) is 7.97. The SMILES string of the molecule is NC(CC(=O)NCCC(=O)NCc1ccccc1)c1ccccc1. The van der Waals surface area contributed by atoms with Crippen LogP contribution in [0.4, 0.5) is 0 Å². The van der Waals surface area contributed by atoms with Gasteiger partial charge in [-0.15, -0.1) is 0 Å². The summed E-state index contributed by atoms with van der Waals surface area (Å²) >= 11 is 0. The molecule has 0 saturated carbocycles. The van der Waals surface area contributed by atoms with Gasteiger partial charge in [0.25, 0.3) is 0 Å². The minimum atomic E-state index is -0.335. The quantitative estimate of drug-likeness (QED) is 0.693. The lowest BCUT2D eigenvalue weighted by molar-refractivity contribution is -0.122. The van der Waals surface area contributed by atoms with Crippen LogP contribution in [0, 0.1) is 0 Å². The predicted octanol–water partition coefficient (Wildman–Crippen LogP) is 1.90. The van der Waals surface area contributed by atoms with E-state index in [2.05, 4.69) is 10.6 Å². The zero-order chi connectivity index (χ0) is 17.2. The Hall–Kier alpha value is -2.66. The van der Waals surface area contributed by atoms with Crippen LogP contribution in [-0.2, 0) is 16.1 Å². The molecule has 24 heavy (non-hydrogen) atoms. The van der Waals surface area contributed by atoms with E-state index in [9.17, 15) is 9.59 Å². The van der Waals surface area contributed by atoms with Crippen LogP contribution in [0.15, 0.2) is 60.7 Å². The van der Waals surface area contributed by atoms with E-state index in [1.54, 1.807) is 0 Å². The van der Waals surface area contributed by atoms with E-state index in [1.807, 2.05) is 60.7 Å². The molecular weight excluding hydrogens is 302 g/mol. The fraction of sp³-hybridized carbons (Fsp3) is 0.263. The first kappa shape index (κ1) is 17.7. The first-order valence-electron chi connectivity index (χ1n) is 8.03. The molecule has 0 heterocycles. The highest BCUT2D eigenvalue weighted by atomic mass is 16.2. The van der Waals surface area contributed by atoms with Gasteiger partial charge in [-0.25, -0.2) is 0 Å². The summed E-state index contributed by atoms with van der Waals surface area (Å²) in [5.74, 6) is -0.242. The van der Waals surface area contributed by atoms with Gasteiger partial charge in [0.15, 0.2) is 0 Å². The molecule has 0 bridgehead atoms. The van der Waals surface area contributed by atoms with Gasteiger partial charge in [0.05, 0.1) is 0 Å². The van der Waals surface area contributed by atoms with E-state index in [0.29, 0.717) is 13.1 Å². The van der Waals surface area contributed by atoms with Crippen molar-refractivity contribution in [2.75, 3.05) is 6.54 Å². The number of rotatable bonds is 8. The molecule has 5 heteroatoms. The second kappa shape index (κ2) is 9.47. The number of carbonyl (C=O) groups excluding carboxylic acids is 2. The van der Waals surface area contributed by atoms with Crippen molar-refractivity contribution in [1.29, 1.82) is 0 Å². The molecule has 0 aliphatic carbocycles. The topological polar surface area (TPSA) is 84.2 Å². The Morgan fingerprint density at radius 1 is 0.875 bits per heavy atom. The number of carbonyl (C=O) groups is 2. The second-order valence-corrected chi connectivity index (χ2v) is 5.58. The van der Waals surface area contributed by atoms with E-state index < -0.39 is 0 Å². The van der Waals surface area contributed by atoms with E-state index in [-0.39, 0.29) is 30.7 Å². The van der Waals surface area contributed by atoms with Gasteiger partial charge >= 0.3 is 0 Å². The average molecular weight is 325 g/mol. The summed E-state index contributed by atoms with van der Waals surface area (Å²) in [7, 11) is 0. The minimum Gasteiger partial charge on any atom is -0.356 e. The van der Waals surface area contributed by atoms with E-state index in [4.69, 9.17) is 5.73 Å². The van der Waals surface area contributed by atoms with Crippen LogP contribution >= 0.6 is 0 Å². The normalized spacial score (nSPS) is 11.5. The molecular formula is C19H23N3O2. The highest BCUT2D eigenvalue weighted by molar-refractivity contribution is 5.79. The number of hydrogen-bond acceptors (Lipinski definition) is 3. The Morgan fingerprint density at radius 3 is 2.17 bits per heavy atom. The highest BCUT2D eigenvalue weighted by Gasteiger charge is 2.11. The maximum atomic E-state index is 11.9. The van der Waals surface area contributed by atoms with Crippen molar-refractivity contribution in [3.63, 3.8) is 0 Å². The van der Waals surface area contributed by atoms with Crippen molar-refractivity contribution in [3.05, 3.63) is 71.8 Å². The second-order valence-electron chi connectivity index (χ2n) is 5.58. The third-order valence-corrected chi connectivity index (χ3v) is 3.64. The molecule has 0 saturated heterocycles. The lowest BCUT2D eigenvalue weighted by Crippen LogP contribution is -2.32. The van der Waals surface area contributed by atoms with Gasteiger partial charge in [0.1, 0.15) is 0 Å². The molecule has 2 rings (SSSR count). The predicted molar refractivity (Wildman–Crippen MR) is 93.9 cm³/mol. The molecule has 0 aromatic heterocycles. The van der Waals surface area contributed by atoms with Crippen LogP contribution in [0.25, 0.3) is 0 Å². The Kier molecular flexibility index (Phi) is 6.98. The smallest absolute Gasteiger partial charge is 0.222 e. The molecule has 1 atom stereocenters. The maximum Gasteiger partial charge on any atom is 0.222 e. The largest absolute Gasteiger partial charge is 0.356 e. The molecule has 0 aliphatic heterocycles. The van der Waals surface area contributed by atoms with Gasteiger partial charge < -0.3 is 16.4 Å². The van der Waals surface area contributed by atoms with Crippen molar-refractivity contribution in [1.82, 2.24) is 10.6 Å². The third kappa shape index (κ3) is 6.22. The van der Waals surface area contributed by atoms with Gasteiger partial charge in [-0.1, -0.05) is 60.7 Å². The summed E-state index contributed by atoms with van der Waals surface area (Å²) in [6, 6.07) is 18.8. The molecule has 4 N–H and O–H groups in total. The van der Waals surface area contributed by atoms with Crippen LogP contribution in [0.3, 0.4) is 0 Å². The fourth-order valence-electron chi connectivity index (χ4n) is 2.29. The lowest BCUT2D eigenvalue weighted by atomic mass is 10.0. The first-order chi connectivity index (χ1) is 11.6. The fourth-order valence-corrected chi connectivity index (χ4v) is 2.29. The Bertz CT molecular complexity index is 644. The van der Waals surface area contributed by atoms with Crippen molar-refractivity contribution in [3.8, 4) is 0 Å². The van der Waals surface area contributed by atoms with Gasteiger partial charge in [-0.2, -0.15) is 0 Å². The molecule has 0 fully saturated rings. The van der Waals surface area contributed by atoms with Gasteiger partial charge in [0.2, 0.25) is 11.8 Å². The average Bonchev–Trinajstić information content (AvgIpc) is 2.61. The summed E-state index contributed by atoms with van der Waals surface area (Å²) in [5, 5.41) is 5.56. The molecule has 2 aromatic rings. The van der Waals surface area contributed by atoms with Crippen LogP contribution in [-0.4, -0.2) is 18.4 Å². The monoisotopic (exact) mass is 325 g/mol. The van der Waals surface area contributed by atoms with Crippen LogP contribution in [0.1, 0.15) is 30.0 Å². The zero-order valence-corrected chi connectivity index (χ0v) is 13.6. The number of hydrogen-bond donors (Lipinski definition) is 3. The Balaban J connectivity index is 1.62. The minimum absolute atomic E-state index is 0.0912. The molecule has 1 unspecified atom stereocenters. The summed E-state index contributed by atoms with van der Waals surface area (Å²) in [6.45, 7) is 0.799. The van der Waals surface area contributed by atoms with E-state index in [1.165, 1.54) is 0 Å². The Morgan fingerprint density at radius 2 is 1.50 bits per heavy atom. The van der Waals surface area contributed by atoms with Crippen LogP contribution in [0.5, 0.6) is 0 Å². The zero-order valence-electron chi connectivity index (χ0n) is 13.6. The van der Waals surface area contributed by atoms with Crippen molar-refractivity contribution in [2.24, 2.45) is 5.73 Å². The lowest BCUT2D eigenvalue weighted by Gasteiger charge is -2.12. The maximum absolute atomic E-state index is 11.9. The molecule has 0 radical (unpaired) electrons. The number of benzene rings is 2. The first-order valence-corrected chi connectivity index (χ1v) is 8.03. The molecule has 0 aliphatic rings. The van der Waals surface area contributed by atoms with Gasteiger partial charge in [-0.05, 0) is 11.1 Å². The number of nitrogens with two attached hydrogens (primary N) is 1. The standard InChI is InChI=1S/C19H23N3O2/c20-17(16-9-5-2-6-10-16)13-19(24)21-12-11-18(23)22-14-15-7-3-1-4-8-15/h1-10,17H,11-14,20H2,(H,21,24)(H,22,23). The summed E-state index contributed by atoms with van der Waals surface area (Å²) in [6.07, 6.45) is 0.453. The Labute approximate surface area is 142 Å². The van der Waals surface area contributed by atoms with Gasteiger partial charge in [-0.3, -0.25) is 9.59 Å². The molecule has 0 spiro atoms. The highest BCUT2D eigenvalue weighted by Crippen LogP contribution is 2.12.